The molecule has 0 unspecified atom stereocenters. The average Bonchev–Trinajstić information content (AvgIpc) is 2.92. The van der Waals surface area contributed by atoms with Crippen molar-refractivity contribution in [3.8, 4) is 0 Å². The number of fused-ring (bicyclic) bond motifs is 1. The lowest BCUT2D eigenvalue weighted by atomic mass is 10.1. The summed E-state index contributed by atoms with van der Waals surface area (Å²) in [6, 6.07) is 9.81. The summed E-state index contributed by atoms with van der Waals surface area (Å²) in [5.41, 5.74) is 3.24. The molecule has 0 atom stereocenters. The van der Waals surface area contributed by atoms with Crippen molar-refractivity contribution in [3.63, 3.8) is 0 Å². The first kappa shape index (κ1) is 18.6. The topological polar surface area (TPSA) is 49.4 Å². The summed E-state index contributed by atoms with van der Waals surface area (Å²) in [6.07, 6.45) is 6.67. The van der Waals surface area contributed by atoms with Crippen LogP contribution in [0.15, 0.2) is 30.3 Å². The first-order valence-electron chi connectivity index (χ1n) is 9.33. The van der Waals surface area contributed by atoms with E-state index in [1.54, 1.807) is 18.4 Å². The van der Waals surface area contributed by atoms with Gasteiger partial charge in [-0.15, -0.1) is 11.3 Å². The molecule has 1 N–H and O–H groups in total. The van der Waals surface area contributed by atoms with E-state index in [2.05, 4.69) is 12.2 Å². The van der Waals surface area contributed by atoms with Gasteiger partial charge < -0.3 is 10.2 Å². The third-order valence-electron chi connectivity index (χ3n) is 4.86. The number of hydrogen-bond acceptors (Lipinski definition) is 3. The highest BCUT2D eigenvalue weighted by Crippen LogP contribution is 2.29. The molecule has 4 nitrogen and oxygen atoms in total. The largest absolute Gasteiger partial charge is 0.332 e. The number of benzene rings is 1. The molecule has 2 aromatic rings. The second kappa shape index (κ2) is 8.49. The summed E-state index contributed by atoms with van der Waals surface area (Å²) in [5, 5.41) is 2.93. The van der Waals surface area contributed by atoms with Gasteiger partial charge >= 0.3 is 0 Å². The zero-order chi connectivity index (χ0) is 18.5. The van der Waals surface area contributed by atoms with Crippen LogP contribution < -0.4 is 5.32 Å². The van der Waals surface area contributed by atoms with E-state index in [1.807, 2.05) is 30.3 Å². The van der Waals surface area contributed by atoms with E-state index in [0.29, 0.717) is 0 Å². The minimum atomic E-state index is -0.167. The molecule has 0 saturated heterocycles. The fourth-order valence-electron chi connectivity index (χ4n) is 3.39. The van der Waals surface area contributed by atoms with E-state index >= 15 is 0 Å². The Labute approximate surface area is 159 Å². The molecule has 0 spiro atoms. The summed E-state index contributed by atoms with van der Waals surface area (Å²) >= 11 is 1.60. The van der Waals surface area contributed by atoms with Crippen molar-refractivity contribution in [2.45, 2.75) is 45.4 Å². The van der Waals surface area contributed by atoms with E-state index in [-0.39, 0.29) is 18.4 Å². The maximum absolute atomic E-state index is 12.7. The predicted molar refractivity (Wildman–Crippen MR) is 107 cm³/mol. The second-order valence-corrected chi connectivity index (χ2v) is 7.98. The fraction of sp³-hybridized carbons (Fsp3) is 0.429. The fourth-order valence-corrected chi connectivity index (χ4v) is 4.64. The van der Waals surface area contributed by atoms with Gasteiger partial charge in [0.1, 0.15) is 0 Å². The van der Waals surface area contributed by atoms with E-state index in [9.17, 15) is 9.59 Å². The standard InChI is InChI=1S/C21H26N2O2S/c1-3-15-9-7-8-11-17(15)22-20(24)14-23(2)21(25)19-13-16-10-5-4-6-12-18(16)26-19/h7-9,11,13H,3-6,10,12,14H2,1-2H3,(H,22,24). The van der Waals surface area contributed by atoms with Gasteiger partial charge in [0, 0.05) is 17.6 Å². The molecule has 2 amide bonds. The number of rotatable bonds is 5. The van der Waals surface area contributed by atoms with Crippen molar-refractivity contribution in [1.29, 1.82) is 0 Å². The number of anilines is 1. The molecule has 0 radical (unpaired) electrons. The molecule has 1 aliphatic rings. The normalized spacial score (nSPS) is 13.6. The van der Waals surface area contributed by atoms with E-state index < -0.39 is 0 Å². The zero-order valence-corrected chi connectivity index (χ0v) is 16.3. The van der Waals surface area contributed by atoms with Crippen molar-refractivity contribution in [1.82, 2.24) is 4.90 Å². The highest BCUT2D eigenvalue weighted by molar-refractivity contribution is 7.14. The van der Waals surface area contributed by atoms with Crippen LogP contribution >= 0.6 is 11.3 Å². The highest BCUT2D eigenvalue weighted by atomic mass is 32.1. The van der Waals surface area contributed by atoms with Crippen molar-refractivity contribution in [2.75, 3.05) is 18.9 Å². The number of carbonyl (C=O) groups excluding carboxylic acids is 2. The van der Waals surface area contributed by atoms with Crippen LogP contribution in [0.1, 0.15) is 51.9 Å². The quantitative estimate of drug-likeness (QED) is 0.798. The van der Waals surface area contributed by atoms with Crippen LogP contribution in [0.2, 0.25) is 0 Å². The lowest BCUT2D eigenvalue weighted by molar-refractivity contribution is -0.116. The Hall–Kier alpha value is -2.14. The molecular weight excluding hydrogens is 344 g/mol. The summed E-state index contributed by atoms with van der Waals surface area (Å²) in [4.78, 5) is 28.7. The Balaban J connectivity index is 1.63. The summed E-state index contributed by atoms with van der Waals surface area (Å²) < 4.78 is 0. The summed E-state index contributed by atoms with van der Waals surface area (Å²) in [5.74, 6) is -0.234. The van der Waals surface area contributed by atoms with Crippen LogP contribution in [0, 0.1) is 0 Å². The molecule has 0 bridgehead atoms. The number of amides is 2. The monoisotopic (exact) mass is 370 g/mol. The number of aryl methyl sites for hydroxylation is 3. The van der Waals surface area contributed by atoms with Gasteiger partial charge in [0.25, 0.3) is 5.91 Å². The third-order valence-corrected chi connectivity index (χ3v) is 6.08. The Morgan fingerprint density at radius 1 is 1.15 bits per heavy atom. The van der Waals surface area contributed by atoms with Crippen LogP contribution in [-0.2, 0) is 24.1 Å². The number of hydrogen-bond donors (Lipinski definition) is 1. The van der Waals surface area contributed by atoms with E-state index in [4.69, 9.17) is 0 Å². The number of likely N-dealkylation sites (N-methyl/N-ethyl adjacent to an activating group) is 1. The Kier molecular flexibility index (Phi) is 6.09. The van der Waals surface area contributed by atoms with Gasteiger partial charge in [-0.2, -0.15) is 0 Å². The SMILES string of the molecule is CCc1ccccc1NC(=O)CN(C)C(=O)c1cc2c(s1)CCCCC2. The lowest BCUT2D eigenvalue weighted by Gasteiger charge is -2.17. The minimum Gasteiger partial charge on any atom is -0.332 e. The third kappa shape index (κ3) is 4.33. The van der Waals surface area contributed by atoms with Gasteiger partial charge in [0.15, 0.2) is 0 Å². The molecule has 3 rings (SSSR count). The van der Waals surface area contributed by atoms with Gasteiger partial charge in [-0.25, -0.2) is 0 Å². The lowest BCUT2D eigenvalue weighted by Crippen LogP contribution is -2.34. The molecule has 0 fully saturated rings. The van der Waals surface area contributed by atoms with Gasteiger partial charge in [0.2, 0.25) is 5.91 Å². The smallest absolute Gasteiger partial charge is 0.264 e. The molecular formula is C21H26N2O2S. The van der Waals surface area contributed by atoms with Crippen LogP contribution in [0.5, 0.6) is 0 Å². The molecule has 138 valence electrons. The maximum Gasteiger partial charge on any atom is 0.264 e. The van der Waals surface area contributed by atoms with Crippen molar-refractivity contribution < 1.29 is 9.59 Å². The first-order valence-corrected chi connectivity index (χ1v) is 10.1. The molecule has 1 aliphatic carbocycles. The van der Waals surface area contributed by atoms with E-state index in [0.717, 1.165) is 35.4 Å². The zero-order valence-electron chi connectivity index (χ0n) is 15.5. The number of nitrogens with one attached hydrogen (secondary N) is 1. The number of para-hydroxylation sites is 1. The Morgan fingerprint density at radius 2 is 1.92 bits per heavy atom. The Bertz CT molecular complexity index is 774. The number of nitrogens with zero attached hydrogens (tertiary/aromatic N) is 1. The van der Waals surface area contributed by atoms with Gasteiger partial charge in [-0.3, -0.25) is 9.59 Å². The van der Waals surface area contributed by atoms with Gasteiger partial charge in [-0.1, -0.05) is 31.5 Å². The molecule has 1 aromatic heterocycles. The average molecular weight is 371 g/mol. The second-order valence-electron chi connectivity index (χ2n) is 6.84. The molecule has 1 aromatic carbocycles. The number of carbonyl (C=O) groups is 2. The van der Waals surface area contributed by atoms with Gasteiger partial charge in [0.05, 0.1) is 11.4 Å². The molecule has 0 saturated carbocycles. The molecule has 26 heavy (non-hydrogen) atoms. The van der Waals surface area contributed by atoms with Crippen LogP contribution in [0.3, 0.4) is 0 Å². The minimum absolute atomic E-state index is 0.0550. The molecule has 5 heteroatoms. The van der Waals surface area contributed by atoms with Crippen LogP contribution in [-0.4, -0.2) is 30.3 Å². The molecule has 0 aliphatic heterocycles. The van der Waals surface area contributed by atoms with Crippen molar-refractivity contribution >= 4 is 28.8 Å². The first-order chi connectivity index (χ1) is 12.6. The Morgan fingerprint density at radius 3 is 2.73 bits per heavy atom. The highest BCUT2D eigenvalue weighted by Gasteiger charge is 2.20. The summed E-state index contributed by atoms with van der Waals surface area (Å²) in [7, 11) is 1.69. The van der Waals surface area contributed by atoms with Crippen molar-refractivity contribution in [3.05, 3.63) is 51.2 Å². The van der Waals surface area contributed by atoms with Crippen molar-refractivity contribution in [2.24, 2.45) is 0 Å². The predicted octanol–water partition coefficient (Wildman–Crippen LogP) is 4.29. The maximum atomic E-state index is 12.7. The van der Waals surface area contributed by atoms with Gasteiger partial charge in [-0.05, 0) is 55.4 Å². The number of thiophene rings is 1. The van der Waals surface area contributed by atoms with Crippen LogP contribution in [0.4, 0.5) is 5.69 Å². The van der Waals surface area contributed by atoms with Crippen LogP contribution in [0.25, 0.3) is 0 Å². The summed E-state index contributed by atoms with van der Waals surface area (Å²) in [6.45, 7) is 2.11. The molecule has 1 heterocycles. The van der Waals surface area contributed by atoms with E-state index in [1.165, 1.54) is 34.6 Å².